The number of phenolic OH excluding ortho intramolecular Hbond substituents is 1. The highest BCUT2D eigenvalue weighted by molar-refractivity contribution is 6.20. The minimum atomic E-state index is -0.590. The van der Waals surface area contributed by atoms with Crippen LogP contribution in [0.2, 0.25) is 0 Å². The van der Waals surface area contributed by atoms with Crippen LogP contribution in [0.3, 0.4) is 0 Å². The third kappa shape index (κ3) is 5.17. The van der Waals surface area contributed by atoms with Crippen molar-refractivity contribution in [2.24, 2.45) is 5.73 Å². The van der Waals surface area contributed by atoms with Gasteiger partial charge in [-0.2, -0.15) is 5.10 Å². The summed E-state index contributed by atoms with van der Waals surface area (Å²) in [6.45, 7) is 6.02. The molecule has 1 aliphatic heterocycles. The molecule has 0 radical (unpaired) electrons. The molecule has 1 aromatic heterocycles. The first-order valence-electron chi connectivity index (χ1n) is 11.0. The van der Waals surface area contributed by atoms with Crippen molar-refractivity contribution in [2.75, 3.05) is 28.6 Å². The van der Waals surface area contributed by atoms with Gasteiger partial charge in [0.25, 0.3) is 5.91 Å². The molecule has 8 nitrogen and oxygen atoms in total. The average molecular weight is 469 g/mol. The third-order valence-corrected chi connectivity index (χ3v) is 6.39. The fourth-order valence-corrected chi connectivity index (χ4v) is 4.33. The zero-order valence-electron chi connectivity index (χ0n) is 18.8. The van der Waals surface area contributed by atoms with Gasteiger partial charge in [-0.05, 0) is 67.6 Å². The molecule has 6 N–H and O–H groups in total. The molecular formula is C24H29ClN6O2. The third-order valence-electron chi connectivity index (χ3n) is 5.95. The van der Waals surface area contributed by atoms with Crippen molar-refractivity contribution < 1.29 is 9.90 Å². The number of aromatic hydroxyl groups is 1. The highest BCUT2D eigenvalue weighted by Crippen LogP contribution is 2.28. The van der Waals surface area contributed by atoms with Gasteiger partial charge in [0.1, 0.15) is 17.1 Å². The maximum atomic E-state index is 12.2. The highest BCUT2D eigenvalue weighted by atomic mass is 35.5. The summed E-state index contributed by atoms with van der Waals surface area (Å²) < 4.78 is 0. The Labute approximate surface area is 198 Å². The van der Waals surface area contributed by atoms with Gasteiger partial charge in [0.05, 0.1) is 0 Å². The number of rotatable bonds is 7. The quantitative estimate of drug-likeness (QED) is 0.328. The first-order valence-corrected chi connectivity index (χ1v) is 11.4. The lowest BCUT2D eigenvalue weighted by Gasteiger charge is -2.31. The molecule has 2 heterocycles. The number of hydrogen-bond donors (Lipinski definition) is 5. The Morgan fingerprint density at radius 2 is 1.85 bits per heavy atom. The van der Waals surface area contributed by atoms with Crippen molar-refractivity contribution >= 4 is 40.5 Å². The van der Waals surface area contributed by atoms with Gasteiger partial charge in [0.2, 0.25) is 0 Å². The van der Waals surface area contributed by atoms with Crippen molar-refractivity contribution in [1.82, 2.24) is 10.2 Å². The number of phenols is 1. The first-order chi connectivity index (χ1) is 15.8. The summed E-state index contributed by atoms with van der Waals surface area (Å²) in [7, 11) is 0. The Kier molecular flexibility index (Phi) is 6.65. The molecule has 1 fully saturated rings. The Hall–Kier alpha value is -3.39. The first kappa shape index (κ1) is 22.8. The lowest BCUT2D eigenvalue weighted by molar-refractivity contribution is 0.100. The van der Waals surface area contributed by atoms with E-state index < -0.39 is 5.91 Å². The van der Waals surface area contributed by atoms with Gasteiger partial charge in [-0.15, -0.1) is 11.6 Å². The van der Waals surface area contributed by atoms with Crippen LogP contribution >= 0.6 is 11.6 Å². The van der Waals surface area contributed by atoms with Crippen molar-refractivity contribution in [3.63, 3.8) is 0 Å². The van der Waals surface area contributed by atoms with Crippen LogP contribution in [0, 0.1) is 13.8 Å². The van der Waals surface area contributed by atoms with Crippen molar-refractivity contribution in [1.29, 1.82) is 0 Å². The average Bonchev–Trinajstić information content (AvgIpc) is 3.19. The molecule has 3 aromatic rings. The predicted octanol–water partition coefficient (Wildman–Crippen LogP) is 4.39. The number of H-pyrrole nitrogens is 1. The fourth-order valence-electron chi connectivity index (χ4n) is 4.14. The zero-order chi connectivity index (χ0) is 23.5. The van der Waals surface area contributed by atoms with E-state index in [9.17, 15) is 9.90 Å². The van der Waals surface area contributed by atoms with Crippen molar-refractivity contribution in [3.05, 3.63) is 58.7 Å². The molecule has 1 saturated heterocycles. The molecule has 174 valence electrons. The summed E-state index contributed by atoms with van der Waals surface area (Å²) in [5.74, 6) is 0.498. The van der Waals surface area contributed by atoms with E-state index in [1.165, 1.54) is 0 Å². The summed E-state index contributed by atoms with van der Waals surface area (Å²) in [5.41, 5.74) is 10.4. The van der Waals surface area contributed by atoms with Gasteiger partial charge in [-0.3, -0.25) is 9.89 Å². The number of hydrogen-bond acceptors (Lipinski definition) is 6. The number of aryl methyl sites for hydroxylation is 2. The van der Waals surface area contributed by atoms with E-state index in [4.69, 9.17) is 17.3 Å². The van der Waals surface area contributed by atoms with Crippen LogP contribution in [-0.4, -0.2) is 39.7 Å². The molecule has 4 rings (SSSR count). The van der Waals surface area contributed by atoms with Crippen LogP contribution in [0.15, 0.2) is 36.4 Å². The van der Waals surface area contributed by atoms with Crippen LogP contribution in [0.4, 0.5) is 23.0 Å². The van der Waals surface area contributed by atoms with Crippen molar-refractivity contribution in [3.8, 4) is 5.75 Å². The van der Waals surface area contributed by atoms with E-state index in [1.54, 1.807) is 0 Å². The number of nitrogens with one attached hydrogen (secondary N) is 3. The number of carbonyl (C=O) groups excluding carboxylic acids is 1. The number of anilines is 4. The molecule has 33 heavy (non-hydrogen) atoms. The molecule has 9 heteroatoms. The second kappa shape index (κ2) is 9.62. The van der Waals surface area contributed by atoms with Crippen LogP contribution < -0.4 is 21.3 Å². The van der Waals surface area contributed by atoms with E-state index in [2.05, 4.69) is 25.7 Å². The summed E-state index contributed by atoms with van der Waals surface area (Å²) in [6.07, 6.45) is 1.97. The predicted molar refractivity (Wildman–Crippen MR) is 133 cm³/mol. The van der Waals surface area contributed by atoms with E-state index in [-0.39, 0.29) is 16.7 Å². The largest absolute Gasteiger partial charge is 0.507 e. The van der Waals surface area contributed by atoms with Gasteiger partial charge in [-0.1, -0.05) is 12.1 Å². The topological polar surface area (TPSA) is 119 Å². The molecule has 0 atom stereocenters. The number of halogens is 1. The molecule has 1 amide bonds. The number of carbonyl (C=O) groups is 1. The summed E-state index contributed by atoms with van der Waals surface area (Å²) >= 11 is 6.21. The van der Waals surface area contributed by atoms with Gasteiger partial charge in [0.15, 0.2) is 5.82 Å². The lowest BCUT2D eigenvalue weighted by atomic mass is 10.1. The standard InChI is InChI=1S/C24H29ClN6O2/c1-14-11-16(12-15(2)21(14)32)13-27-23-20(22(26)33)24(30-29-23)28-18-3-5-19(6-4-18)31-9-7-17(25)8-10-31/h3-6,11-12,17,32H,7-10,13H2,1-2H3,(H2,26,33)(H3,27,28,29,30). The molecule has 0 saturated carbocycles. The molecular weight excluding hydrogens is 440 g/mol. The van der Waals surface area contributed by atoms with E-state index >= 15 is 0 Å². The lowest BCUT2D eigenvalue weighted by Crippen LogP contribution is -2.33. The number of benzene rings is 2. The maximum Gasteiger partial charge on any atom is 0.256 e. The van der Waals surface area contributed by atoms with E-state index in [0.717, 1.165) is 54.0 Å². The Balaban J connectivity index is 1.46. The zero-order valence-corrected chi connectivity index (χ0v) is 19.5. The van der Waals surface area contributed by atoms with Crippen molar-refractivity contribution in [2.45, 2.75) is 38.6 Å². The SMILES string of the molecule is Cc1cc(CNc2n[nH]c(Nc3ccc(N4CCC(Cl)CC4)cc3)c2C(N)=O)cc(C)c1O. The summed E-state index contributed by atoms with van der Waals surface area (Å²) in [6, 6.07) is 11.8. The molecule has 0 spiro atoms. The molecule has 0 unspecified atom stereocenters. The minimum Gasteiger partial charge on any atom is -0.507 e. The number of nitrogens with zero attached hydrogens (tertiary/aromatic N) is 2. The number of amides is 1. The van der Waals surface area contributed by atoms with Crippen LogP contribution in [-0.2, 0) is 6.54 Å². The maximum absolute atomic E-state index is 12.2. The normalized spacial score (nSPS) is 14.3. The Bertz CT molecular complexity index is 1110. The number of piperidine rings is 1. The van der Waals surface area contributed by atoms with Gasteiger partial charge in [0, 0.05) is 36.4 Å². The number of aromatic nitrogens is 2. The van der Waals surface area contributed by atoms with E-state index in [0.29, 0.717) is 18.2 Å². The molecule has 2 aromatic carbocycles. The summed E-state index contributed by atoms with van der Waals surface area (Å²) in [5, 5.41) is 23.7. The Morgan fingerprint density at radius 3 is 2.45 bits per heavy atom. The highest BCUT2D eigenvalue weighted by Gasteiger charge is 2.20. The second-order valence-corrected chi connectivity index (χ2v) is 9.07. The van der Waals surface area contributed by atoms with E-state index in [1.807, 2.05) is 50.2 Å². The molecule has 0 aliphatic carbocycles. The number of aromatic amines is 1. The number of alkyl halides is 1. The van der Waals surface area contributed by atoms with Gasteiger partial charge >= 0.3 is 0 Å². The second-order valence-electron chi connectivity index (χ2n) is 8.45. The van der Waals surface area contributed by atoms with Crippen LogP contribution in [0.1, 0.15) is 39.9 Å². The molecule has 1 aliphatic rings. The monoisotopic (exact) mass is 468 g/mol. The van der Waals surface area contributed by atoms with Gasteiger partial charge in [-0.25, -0.2) is 0 Å². The number of primary amides is 1. The minimum absolute atomic E-state index is 0.260. The van der Waals surface area contributed by atoms with Crippen LogP contribution in [0.5, 0.6) is 5.75 Å². The summed E-state index contributed by atoms with van der Waals surface area (Å²) in [4.78, 5) is 14.5. The van der Waals surface area contributed by atoms with Gasteiger partial charge < -0.3 is 26.4 Å². The fraction of sp³-hybridized carbons (Fsp3) is 0.333. The smallest absolute Gasteiger partial charge is 0.256 e. The molecule has 0 bridgehead atoms. The van der Waals surface area contributed by atoms with Crippen LogP contribution in [0.25, 0.3) is 0 Å². The number of nitrogens with two attached hydrogens (primary N) is 1. The Morgan fingerprint density at radius 1 is 1.21 bits per heavy atom.